The summed E-state index contributed by atoms with van der Waals surface area (Å²) < 4.78 is 5.44. The number of aliphatic hydroxyl groups is 1. The molecule has 0 aliphatic carbocycles. The maximum atomic E-state index is 9.30. The van der Waals surface area contributed by atoms with Crippen LogP contribution in [-0.4, -0.2) is 22.8 Å². The van der Waals surface area contributed by atoms with Crippen LogP contribution in [0.4, 0.5) is 0 Å². The molecule has 3 aromatic rings. The highest BCUT2D eigenvalue weighted by Crippen LogP contribution is 2.26. The van der Waals surface area contributed by atoms with E-state index in [1.165, 1.54) is 16.3 Å². The van der Waals surface area contributed by atoms with Crippen molar-refractivity contribution in [1.29, 1.82) is 0 Å². The Morgan fingerprint density at radius 2 is 1.86 bits per heavy atom. The SMILES string of the molecule is C=CCOc1ccc(-c2ccc3cc(C=CCCCC(C)O)ccc3c2)cn1. The van der Waals surface area contributed by atoms with Crippen molar-refractivity contribution >= 4 is 16.8 Å². The number of benzene rings is 2. The van der Waals surface area contributed by atoms with Crippen LogP contribution in [0.3, 0.4) is 0 Å². The van der Waals surface area contributed by atoms with Crippen LogP contribution in [-0.2, 0) is 0 Å². The zero-order valence-electron chi connectivity index (χ0n) is 16.3. The zero-order valence-corrected chi connectivity index (χ0v) is 16.3. The molecular formula is C25H27NO2. The second-order valence-electron chi connectivity index (χ2n) is 6.99. The van der Waals surface area contributed by atoms with Crippen LogP contribution in [0, 0.1) is 0 Å². The van der Waals surface area contributed by atoms with Gasteiger partial charge < -0.3 is 9.84 Å². The highest BCUT2D eigenvalue weighted by atomic mass is 16.5. The lowest BCUT2D eigenvalue weighted by molar-refractivity contribution is 0.182. The molecule has 0 fully saturated rings. The Labute approximate surface area is 167 Å². The van der Waals surface area contributed by atoms with Crippen molar-refractivity contribution < 1.29 is 9.84 Å². The number of nitrogens with zero attached hydrogens (tertiary/aromatic N) is 1. The Bertz CT molecular complexity index is 942. The topological polar surface area (TPSA) is 42.4 Å². The summed E-state index contributed by atoms with van der Waals surface area (Å²) in [6.07, 6.45) is 10.5. The fourth-order valence-electron chi connectivity index (χ4n) is 3.08. The number of pyridine rings is 1. The van der Waals surface area contributed by atoms with E-state index in [9.17, 15) is 5.11 Å². The standard InChI is InChI=1S/C25H27NO2/c1-3-15-28-25-14-13-24(18-26-25)23-12-11-21-16-20(9-10-22(21)17-23)8-6-4-5-7-19(2)27/h3,6,8-14,16-19,27H,1,4-5,7,15H2,2H3. The van der Waals surface area contributed by atoms with E-state index in [4.69, 9.17) is 4.74 Å². The number of aromatic nitrogens is 1. The first-order valence-electron chi connectivity index (χ1n) is 9.74. The molecule has 0 amide bonds. The Balaban J connectivity index is 1.70. The normalized spacial score (nSPS) is 12.4. The van der Waals surface area contributed by atoms with Crippen LogP contribution in [0.2, 0.25) is 0 Å². The van der Waals surface area contributed by atoms with Gasteiger partial charge in [0, 0.05) is 17.8 Å². The Morgan fingerprint density at radius 3 is 2.61 bits per heavy atom. The highest BCUT2D eigenvalue weighted by Gasteiger charge is 2.02. The van der Waals surface area contributed by atoms with Gasteiger partial charge in [0.05, 0.1) is 6.10 Å². The van der Waals surface area contributed by atoms with Crippen LogP contribution in [0.25, 0.3) is 28.0 Å². The van der Waals surface area contributed by atoms with Crippen molar-refractivity contribution in [2.24, 2.45) is 0 Å². The van der Waals surface area contributed by atoms with Crippen LogP contribution in [0.1, 0.15) is 31.7 Å². The lowest BCUT2D eigenvalue weighted by Crippen LogP contribution is -1.97. The molecule has 2 aromatic carbocycles. The van der Waals surface area contributed by atoms with Crippen LogP contribution >= 0.6 is 0 Å². The number of allylic oxidation sites excluding steroid dienone is 1. The number of aliphatic hydroxyl groups excluding tert-OH is 1. The second-order valence-corrected chi connectivity index (χ2v) is 6.99. The minimum absolute atomic E-state index is 0.214. The third kappa shape index (κ3) is 5.54. The van der Waals surface area contributed by atoms with E-state index in [2.05, 4.69) is 60.1 Å². The van der Waals surface area contributed by atoms with E-state index < -0.39 is 0 Å². The third-order valence-corrected chi connectivity index (χ3v) is 4.59. The Hall–Kier alpha value is -2.91. The van der Waals surface area contributed by atoms with E-state index >= 15 is 0 Å². The summed E-state index contributed by atoms with van der Waals surface area (Å²) in [7, 11) is 0. The molecule has 3 heteroatoms. The van der Waals surface area contributed by atoms with E-state index in [1.54, 1.807) is 6.08 Å². The van der Waals surface area contributed by atoms with E-state index in [0.717, 1.165) is 30.4 Å². The molecule has 1 heterocycles. The summed E-state index contributed by atoms with van der Waals surface area (Å²) in [6, 6.07) is 16.9. The van der Waals surface area contributed by atoms with Crippen molar-refractivity contribution in [2.45, 2.75) is 32.3 Å². The summed E-state index contributed by atoms with van der Waals surface area (Å²) >= 11 is 0. The van der Waals surface area contributed by atoms with Crippen molar-refractivity contribution in [3.05, 3.63) is 79.0 Å². The maximum Gasteiger partial charge on any atom is 0.213 e. The quantitative estimate of drug-likeness (QED) is 0.368. The number of rotatable bonds is 9. The van der Waals surface area contributed by atoms with Gasteiger partial charge in [-0.2, -0.15) is 0 Å². The molecule has 144 valence electrons. The van der Waals surface area contributed by atoms with Gasteiger partial charge in [0.1, 0.15) is 6.61 Å². The molecule has 1 aromatic heterocycles. The molecule has 0 spiro atoms. The number of unbranched alkanes of at least 4 members (excludes halogenated alkanes) is 1. The van der Waals surface area contributed by atoms with E-state index in [0.29, 0.717) is 12.5 Å². The summed E-state index contributed by atoms with van der Waals surface area (Å²) in [5, 5.41) is 11.7. The fraction of sp³-hybridized carbons (Fsp3) is 0.240. The fourth-order valence-corrected chi connectivity index (χ4v) is 3.08. The monoisotopic (exact) mass is 373 g/mol. The van der Waals surface area contributed by atoms with Crippen molar-refractivity contribution in [1.82, 2.24) is 4.98 Å². The molecule has 3 nitrogen and oxygen atoms in total. The van der Waals surface area contributed by atoms with Gasteiger partial charge in [-0.3, -0.25) is 0 Å². The van der Waals surface area contributed by atoms with Crippen molar-refractivity contribution in [2.75, 3.05) is 6.61 Å². The minimum atomic E-state index is -0.214. The Kier molecular flexibility index (Phi) is 6.99. The van der Waals surface area contributed by atoms with Crippen LogP contribution in [0.15, 0.2) is 73.5 Å². The van der Waals surface area contributed by atoms with Gasteiger partial charge >= 0.3 is 0 Å². The highest BCUT2D eigenvalue weighted by molar-refractivity contribution is 5.88. The largest absolute Gasteiger partial charge is 0.473 e. The van der Waals surface area contributed by atoms with Gasteiger partial charge in [-0.15, -0.1) is 0 Å². The molecule has 0 saturated heterocycles. The molecule has 28 heavy (non-hydrogen) atoms. The van der Waals surface area contributed by atoms with Gasteiger partial charge in [-0.05, 0) is 66.3 Å². The van der Waals surface area contributed by atoms with E-state index in [1.807, 2.05) is 25.3 Å². The molecule has 3 rings (SSSR count). The smallest absolute Gasteiger partial charge is 0.213 e. The first-order chi connectivity index (χ1) is 13.7. The van der Waals surface area contributed by atoms with Gasteiger partial charge in [-0.1, -0.05) is 49.1 Å². The van der Waals surface area contributed by atoms with Gasteiger partial charge in [0.2, 0.25) is 5.88 Å². The van der Waals surface area contributed by atoms with Gasteiger partial charge in [0.15, 0.2) is 0 Å². The van der Waals surface area contributed by atoms with Crippen molar-refractivity contribution in [3.8, 4) is 17.0 Å². The molecular weight excluding hydrogens is 346 g/mol. The first kappa shape index (κ1) is 19.8. The van der Waals surface area contributed by atoms with Crippen molar-refractivity contribution in [3.63, 3.8) is 0 Å². The molecule has 0 aliphatic rings. The maximum absolute atomic E-state index is 9.30. The average Bonchev–Trinajstić information content (AvgIpc) is 2.71. The van der Waals surface area contributed by atoms with Gasteiger partial charge in [0.25, 0.3) is 0 Å². The lowest BCUT2D eigenvalue weighted by atomic mass is 10.0. The third-order valence-electron chi connectivity index (χ3n) is 4.59. The minimum Gasteiger partial charge on any atom is -0.473 e. The van der Waals surface area contributed by atoms with Crippen LogP contribution < -0.4 is 4.74 Å². The molecule has 1 unspecified atom stereocenters. The Morgan fingerprint density at radius 1 is 1.07 bits per heavy atom. The second kappa shape index (κ2) is 9.86. The molecule has 1 N–H and O–H groups in total. The van der Waals surface area contributed by atoms with Crippen LogP contribution in [0.5, 0.6) is 5.88 Å². The summed E-state index contributed by atoms with van der Waals surface area (Å²) in [4.78, 5) is 4.35. The molecule has 0 aliphatic heterocycles. The molecule has 0 radical (unpaired) electrons. The predicted molar refractivity (Wildman–Crippen MR) is 117 cm³/mol. The summed E-state index contributed by atoms with van der Waals surface area (Å²) in [5.74, 6) is 0.606. The molecule has 1 atom stereocenters. The molecule has 0 bridgehead atoms. The van der Waals surface area contributed by atoms with E-state index in [-0.39, 0.29) is 6.10 Å². The molecule has 0 saturated carbocycles. The predicted octanol–water partition coefficient (Wildman–Crippen LogP) is 6.03. The number of ether oxygens (including phenoxy) is 1. The first-order valence-corrected chi connectivity index (χ1v) is 9.74. The number of hydrogen-bond acceptors (Lipinski definition) is 3. The number of fused-ring (bicyclic) bond motifs is 1. The average molecular weight is 373 g/mol. The lowest BCUT2D eigenvalue weighted by Gasteiger charge is -2.07. The zero-order chi connectivity index (χ0) is 19.8. The summed E-state index contributed by atoms with van der Waals surface area (Å²) in [5.41, 5.74) is 3.40. The van der Waals surface area contributed by atoms with Gasteiger partial charge in [-0.25, -0.2) is 4.98 Å². The number of hydrogen-bond donors (Lipinski definition) is 1. The summed E-state index contributed by atoms with van der Waals surface area (Å²) in [6.45, 7) is 5.93.